The van der Waals surface area contributed by atoms with Crippen LogP contribution in [-0.2, 0) is 0 Å². The van der Waals surface area contributed by atoms with Crippen LogP contribution in [0.15, 0.2) is 43.0 Å². The van der Waals surface area contributed by atoms with E-state index in [4.69, 9.17) is 5.73 Å². The van der Waals surface area contributed by atoms with Gasteiger partial charge in [0.15, 0.2) is 6.29 Å². The molecule has 3 heterocycles. The number of hydrogen-bond acceptors (Lipinski definition) is 4. The minimum absolute atomic E-state index is 0.328. The molecule has 0 radical (unpaired) electrons. The first-order valence-electron chi connectivity index (χ1n) is 5.86. The molecule has 2 N–H and O–H groups in total. The van der Waals surface area contributed by atoms with Crippen molar-refractivity contribution in [1.82, 2.24) is 14.5 Å². The van der Waals surface area contributed by atoms with Crippen molar-refractivity contribution in [3.8, 4) is 5.69 Å². The summed E-state index contributed by atoms with van der Waals surface area (Å²) in [6, 6.07) is 5.23. The molecule has 0 aliphatic rings. The Labute approximate surface area is 113 Å². The Morgan fingerprint density at radius 3 is 2.85 bits per heavy atom. The van der Waals surface area contributed by atoms with Gasteiger partial charge in [0, 0.05) is 29.5 Å². The van der Waals surface area contributed by atoms with Crippen LogP contribution in [-0.4, -0.2) is 26.7 Å². The van der Waals surface area contributed by atoms with Crippen LogP contribution >= 0.6 is 0 Å². The lowest BCUT2D eigenvalue weighted by atomic mass is 10.2. The highest BCUT2D eigenvalue weighted by Gasteiger charge is 2.08. The second-order valence-electron chi connectivity index (χ2n) is 4.28. The van der Waals surface area contributed by atoms with Crippen molar-refractivity contribution in [2.24, 2.45) is 5.73 Å². The number of hydrogen-bond donors (Lipinski definition) is 1. The molecule has 3 rings (SSSR count). The number of fused-ring (bicyclic) bond motifs is 1. The average Bonchev–Trinajstić information content (AvgIpc) is 2.90. The topological polar surface area (TPSA) is 90.9 Å². The van der Waals surface area contributed by atoms with Gasteiger partial charge >= 0.3 is 0 Å². The van der Waals surface area contributed by atoms with Crippen molar-refractivity contribution < 1.29 is 9.59 Å². The van der Waals surface area contributed by atoms with Gasteiger partial charge in [-0.1, -0.05) is 0 Å². The molecule has 0 bridgehead atoms. The van der Waals surface area contributed by atoms with E-state index in [2.05, 4.69) is 9.97 Å². The molecule has 0 saturated carbocycles. The number of primary amides is 1. The molecule has 0 saturated heterocycles. The van der Waals surface area contributed by atoms with E-state index in [0.717, 1.165) is 11.7 Å². The Hall–Kier alpha value is -3.02. The van der Waals surface area contributed by atoms with Crippen molar-refractivity contribution in [3.05, 3.63) is 54.1 Å². The number of pyridine rings is 2. The highest BCUT2D eigenvalue weighted by atomic mass is 16.1. The predicted octanol–water partition coefficient (Wildman–Crippen LogP) is 1.33. The molecule has 0 aliphatic carbocycles. The molecular formula is C14H10N4O2. The molecule has 20 heavy (non-hydrogen) atoms. The van der Waals surface area contributed by atoms with E-state index >= 15 is 0 Å². The van der Waals surface area contributed by atoms with Crippen molar-refractivity contribution >= 4 is 23.2 Å². The zero-order valence-corrected chi connectivity index (χ0v) is 10.4. The Bertz CT molecular complexity index is 823. The molecule has 0 aromatic carbocycles. The average molecular weight is 266 g/mol. The van der Waals surface area contributed by atoms with E-state index in [0.29, 0.717) is 22.5 Å². The zero-order chi connectivity index (χ0) is 14.1. The maximum absolute atomic E-state index is 11.2. The van der Waals surface area contributed by atoms with Gasteiger partial charge in [0.2, 0.25) is 5.91 Å². The van der Waals surface area contributed by atoms with E-state index < -0.39 is 5.91 Å². The fraction of sp³-hybridized carbons (Fsp3) is 0. The number of nitrogens with zero attached hydrogens (tertiary/aromatic N) is 3. The van der Waals surface area contributed by atoms with Crippen molar-refractivity contribution in [3.63, 3.8) is 0 Å². The van der Waals surface area contributed by atoms with E-state index in [-0.39, 0.29) is 0 Å². The van der Waals surface area contributed by atoms with Crippen molar-refractivity contribution in [2.45, 2.75) is 0 Å². The highest BCUT2D eigenvalue weighted by molar-refractivity contribution is 5.93. The number of amides is 1. The quantitative estimate of drug-likeness (QED) is 0.724. The summed E-state index contributed by atoms with van der Waals surface area (Å²) >= 11 is 0. The first-order valence-corrected chi connectivity index (χ1v) is 5.86. The van der Waals surface area contributed by atoms with Gasteiger partial charge in [-0.3, -0.25) is 19.1 Å². The first kappa shape index (κ1) is 12.0. The summed E-state index contributed by atoms with van der Waals surface area (Å²) in [5, 5.41) is 0.832. The van der Waals surface area contributed by atoms with Gasteiger partial charge in [0.05, 0.1) is 17.4 Å². The summed E-state index contributed by atoms with van der Waals surface area (Å²) in [5.74, 6) is -0.535. The lowest BCUT2D eigenvalue weighted by Gasteiger charge is -2.05. The summed E-state index contributed by atoms with van der Waals surface area (Å²) in [6.45, 7) is 0. The summed E-state index contributed by atoms with van der Waals surface area (Å²) in [7, 11) is 0. The van der Waals surface area contributed by atoms with Crippen LogP contribution in [0.5, 0.6) is 0 Å². The SMILES string of the molecule is NC(=O)c1cncc(-n2ccc3cc(C=O)cnc32)c1. The minimum Gasteiger partial charge on any atom is -0.366 e. The standard InChI is InChI=1S/C14H10N4O2/c15-13(20)11-4-12(7-16-6-11)18-2-1-10-3-9(8-19)5-17-14(10)18/h1-8H,(H2,15,20). The molecule has 0 spiro atoms. The molecule has 98 valence electrons. The van der Waals surface area contributed by atoms with E-state index in [1.807, 2.05) is 6.07 Å². The first-order chi connectivity index (χ1) is 9.69. The molecule has 0 unspecified atom stereocenters. The number of aromatic nitrogens is 3. The summed E-state index contributed by atoms with van der Waals surface area (Å²) < 4.78 is 1.78. The third-order valence-corrected chi connectivity index (χ3v) is 2.97. The summed E-state index contributed by atoms with van der Waals surface area (Å²) in [4.78, 5) is 30.2. The fourth-order valence-corrected chi connectivity index (χ4v) is 2.01. The third kappa shape index (κ3) is 1.93. The number of carbonyl (C=O) groups excluding carboxylic acids is 2. The van der Waals surface area contributed by atoms with Gasteiger partial charge in [-0.15, -0.1) is 0 Å². The maximum Gasteiger partial charge on any atom is 0.250 e. The molecule has 1 amide bonds. The van der Waals surface area contributed by atoms with Gasteiger partial charge in [-0.05, 0) is 18.2 Å². The van der Waals surface area contributed by atoms with Crippen LogP contribution in [0, 0.1) is 0 Å². The number of rotatable bonds is 3. The Balaban J connectivity index is 2.17. The maximum atomic E-state index is 11.2. The number of nitrogens with two attached hydrogens (primary N) is 1. The molecule has 3 aromatic heterocycles. The Kier molecular flexibility index (Phi) is 2.76. The lowest BCUT2D eigenvalue weighted by molar-refractivity contribution is 0.0999. The van der Waals surface area contributed by atoms with Crippen molar-refractivity contribution in [1.29, 1.82) is 0 Å². The molecular weight excluding hydrogens is 256 g/mol. The monoisotopic (exact) mass is 266 g/mol. The smallest absolute Gasteiger partial charge is 0.250 e. The minimum atomic E-state index is -0.535. The van der Waals surface area contributed by atoms with Crippen LogP contribution in [0.1, 0.15) is 20.7 Å². The fourth-order valence-electron chi connectivity index (χ4n) is 2.01. The second kappa shape index (κ2) is 4.58. The highest BCUT2D eigenvalue weighted by Crippen LogP contribution is 2.19. The van der Waals surface area contributed by atoms with Gasteiger partial charge < -0.3 is 5.73 Å². The molecule has 6 nitrogen and oxygen atoms in total. The second-order valence-corrected chi connectivity index (χ2v) is 4.28. The van der Waals surface area contributed by atoms with Crippen LogP contribution in [0.4, 0.5) is 0 Å². The van der Waals surface area contributed by atoms with E-state index in [9.17, 15) is 9.59 Å². The molecule has 0 fully saturated rings. The van der Waals surface area contributed by atoms with Crippen LogP contribution in [0.2, 0.25) is 0 Å². The van der Waals surface area contributed by atoms with Gasteiger partial charge in [0.25, 0.3) is 0 Å². The number of aldehydes is 1. The lowest BCUT2D eigenvalue weighted by Crippen LogP contribution is -2.11. The molecule has 0 aliphatic heterocycles. The van der Waals surface area contributed by atoms with E-state index in [1.54, 1.807) is 29.1 Å². The largest absolute Gasteiger partial charge is 0.366 e. The van der Waals surface area contributed by atoms with Crippen LogP contribution in [0.3, 0.4) is 0 Å². The van der Waals surface area contributed by atoms with E-state index in [1.165, 1.54) is 12.4 Å². The Morgan fingerprint density at radius 1 is 1.25 bits per heavy atom. The zero-order valence-electron chi connectivity index (χ0n) is 10.4. The van der Waals surface area contributed by atoms with Gasteiger partial charge in [-0.25, -0.2) is 4.98 Å². The van der Waals surface area contributed by atoms with Crippen LogP contribution in [0.25, 0.3) is 16.7 Å². The third-order valence-electron chi connectivity index (χ3n) is 2.97. The molecule has 6 heteroatoms. The number of carbonyl (C=O) groups is 2. The van der Waals surface area contributed by atoms with Crippen molar-refractivity contribution in [2.75, 3.05) is 0 Å². The predicted molar refractivity (Wildman–Crippen MR) is 72.8 cm³/mol. The normalized spacial score (nSPS) is 10.6. The molecule has 0 atom stereocenters. The van der Waals surface area contributed by atoms with Gasteiger partial charge in [0.1, 0.15) is 5.65 Å². The Morgan fingerprint density at radius 2 is 2.10 bits per heavy atom. The summed E-state index contributed by atoms with van der Waals surface area (Å²) in [6.07, 6.45) is 7.07. The summed E-state index contributed by atoms with van der Waals surface area (Å²) in [5.41, 5.74) is 7.45. The van der Waals surface area contributed by atoms with Gasteiger partial charge in [-0.2, -0.15) is 0 Å². The van der Waals surface area contributed by atoms with Crippen LogP contribution < -0.4 is 5.73 Å². The molecule has 3 aromatic rings.